The van der Waals surface area contributed by atoms with E-state index in [-0.39, 0.29) is 37.0 Å². The highest BCUT2D eigenvalue weighted by atomic mass is 32.1. The maximum absolute atomic E-state index is 12.9. The molecule has 0 radical (unpaired) electrons. The van der Waals surface area contributed by atoms with E-state index < -0.39 is 22.4 Å². The number of nitrogens with zero attached hydrogens (tertiary/aromatic N) is 3. The summed E-state index contributed by atoms with van der Waals surface area (Å²) in [6.07, 6.45) is -3.96. The molecular formula is C20H21F3N4O4S. The van der Waals surface area contributed by atoms with Crippen molar-refractivity contribution in [2.45, 2.75) is 19.0 Å². The fraction of sp³-hybridized carbons (Fsp3) is 0.400. The molecule has 1 aromatic heterocycles. The van der Waals surface area contributed by atoms with Crippen LogP contribution in [0.3, 0.4) is 0 Å². The Kier molecular flexibility index (Phi) is 7.33. The van der Waals surface area contributed by atoms with Crippen molar-refractivity contribution in [3.05, 3.63) is 56.3 Å². The van der Waals surface area contributed by atoms with E-state index in [4.69, 9.17) is 0 Å². The molecule has 8 nitrogen and oxygen atoms in total. The van der Waals surface area contributed by atoms with E-state index in [2.05, 4.69) is 5.32 Å². The molecule has 0 bridgehead atoms. The molecule has 1 aliphatic heterocycles. The molecule has 0 aliphatic carbocycles. The Bertz CT molecular complexity index is 974. The van der Waals surface area contributed by atoms with Crippen LogP contribution in [-0.2, 0) is 11.0 Å². The van der Waals surface area contributed by atoms with Gasteiger partial charge in [-0.25, -0.2) is 0 Å². The quantitative estimate of drug-likeness (QED) is 0.380. The number of piperazine rings is 1. The monoisotopic (exact) mass is 470 g/mol. The molecule has 12 heteroatoms. The summed E-state index contributed by atoms with van der Waals surface area (Å²) in [5, 5.41) is 17.6. The van der Waals surface area contributed by atoms with E-state index in [1.807, 2.05) is 0 Å². The van der Waals surface area contributed by atoms with Crippen LogP contribution < -0.4 is 10.2 Å². The number of alkyl halides is 3. The van der Waals surface area contributed by atoms with Gasteiger partial charge in [-0.15, -0.1) is 0 Å². The maximum Gasteiger partial charge on any atom is 0.416 e. The van der Waals surface area contributed by atoms with Crippen LogP contribution in [0.25, 0.3) is 0 Å². The van der Waals surface area contributed by atoms with E-state index in [9.17, 15) is 32.9 Å². The van der Waals surface area contributed by atoms with Gasteiger partial charge in [-0.05, 0) is 30.0 Å². The number of amides is 2. The number of thiophene rings is 1. The average molecular weight is 470 g/mol. The molecule has 0 unspecified atom stereocenters. The number of nitro groups is 1. The molecule has 32 heavy (non-hydrogen) atoms. The second-order valence-corrected chi connectivity index (χ2v) is 7.98. The predicted molar refractivity (Wildman–Crippen MR) is 113 cm³/mol. The summed E-state index contributed by atoms with van der Waals surface area (Å²) in [6, 6.07) is 4.18. The first-order valence-corrected chi connectivity index (χ1v) is 10.8. The Hall–Kier alpha value is -3.15. The van der Waals surface area contributed by atoms with Crippen LogP contribution in [0.15, 0.2) is 35.0 Å². The molecule has 172 valence electrons. The predicted octanol–water partition coefficient (Wildman–Crippen LogP) is 3.53. The molecule has 0 atom stereocenters. The fourth-order valence-corrected chi connectivity index (χ4v) is 4.04. The minimum absolute atomic E-state index is 0.101. The Morgan fingerprint density at radius 3 is 2.47 bits per heavy atom. The van der Waals surface area contributed by atoms with Crippen LogP contribution in [0.4, 0.5) is 24.5 Å². The van der Waals surface area contributed by atoms with Crippen LogP contribution in [0.2, 0.25) is 0 Å². The van der Waals surface area contributed by atoms with Crippen molar-refractivity contribution in [3.63, 3.8) is 0 Å². The molecule has 3 rings (SSSR count). The van der Waals surface area contributed by atoms with Crippen molar-refractivity contribution in [1.29, 1.82) is 0 Å². The Morgan fingerprint density at radius 2 is 1.88 bits per heavy atom. The molecule has 1 saturated heterocycles. The van der Waals surface area contributed by atoms with Gasteiger partial charge >= 0.3 is 6.18 Å². The number of anilines is 1. The molecule has 0 spiro atoms. The topological polar surface area (TPSA) is 95.8 Å². The number of nitrogens with one attached hydrogen (secondary N) is 1. The molecule has 0 saturated carbocycles. The normalized spacial score (nSPS) is 14.3. The molecule has 1 N–H and O–H groups in total. The first-order chi connectivity index (χ1) is 15.2. The van der Waals surface area contributed by atoms with Crippen LogP contribution in [0.5, 0.6) is 0 Å². The van der Waals surface area contributed by atoms with E-state index >= 15 is 0 Å². The van der Waals surface area contributed by atoms with E-state index in [1.165, 1.54) is 11.3 Å². The zero-order chi connectivity index (χ0) is 23.3. The number of halogens is 3. The van der Waals surface area contributed by atoms with Crippen molar-refractivity contribution in [3.8, 4) is 0 Å². The number of hydrogen-bond donors (Lipinski definition) is 1. The lowest BCUT2D eigenvalue weighted by molar-refractivity contribution is -0.384. The van der Waals surface area contributed by atoms with Crippen molar-refractivity contribution in [2.75, 3.05) is 37.6 Å². The highest BCUT2D eigenvalue weighted by molar-refractivity contribution is 7.08. The van der Waals surface area contributed by atoms with Gasteiger partial charge in [-0.2, -0.15) is 24.5 Å². The number of nitro benzene ring substituents is 1. The first-order valence-electron chi connectivity index (χ1n) is 9.85. The van der Waals surface area contributed by atoms with Crippen molar-refractivity contribution >= 4 is 34.5 Å². The zero-order valence-corrected chi connectivity index (χ0v) is 17.7. The summed E-state index contributed by atoms with van der Waals surface area (Å²) in [6.45, 7) is 1.51. The summed E-state index contributed by atoms with van der Waals surface area (Å²) >= 11 is 1.42. The largest absolute Gasteiger partial charge is 0.416 e. The second-order valence-electron chi connectivity index (χ2n) is 7.20. The Balaban J connectivity index is 1.49. The highest BCUT2D eigenvalue weighted by Gasteiger charge is 2.34. The average Bonchev–Trinajstić information content (AvgIpc) is 3.30. The van der Waals surface area contributed by atoms with Gasteiger partial charge in [0.25, 0.3) is 11.6 Å². The van der Waals surface area contributed by atoms with E-state index in [0.717, 1.165) is 12.1 Å². The summed E-state index contributed by atoms with van der Waals surface area (Å²) in [5.41, 5.74) is -1.00. The lowest BCUT2D eigenvalue weighted by Gasteiger charge is -2.36. The number of carbonyl (C=O) groups is 2. The molecule has 1 fully saturated rings. The fourth-order valence-electron chi connectivity index (χ4n) is 3.41. The third kappa shape index (κ3) is 5.75. The number of carbonyl (C=O) groups excluding carboxylic acids is 2. The first kappa shape index (κ1) is 23.5. The minimum atomic E-state index is -4.67. The smallest absolute Gasteiger partial charge is 0.362 e. The minimum Gasteiger partial charge on any atom is -0.362 e. The van der Waals surface area contributed by atoms with Crippen LogP contribution in [0.1, 0.15) is 28.8 Å². The lowest BCUT2D eigenvalue weighted by atomic mass is 10.1. The standard InChI is InChI=1S/C20H21F3N4O4S/c21-20(22,23)15-3-4-16(17(12-15)27(30)31)25-7-9-26(10-8-25)18(28)2-1-6-24-19(29)14-5-11-32-13-14/h3-5,11-13H,1-2,6-10H2,(H,24,29). The highest BCUT2D eigenvalue weighted by Crippen LogP contribution is 2.36. The van der Waals surface area contributed by atoms with Crippen molar-refractivity contribution < 1.29 is 27.7 Å². The van der Waals surface area contributed by atoms with Gasteiger partial charge in [0.05, 0.1) is 10.5 Å². The second kappa shape index (κ2) is 9.98. The van der Waals surface area contributed by atoms with Crippen LogP contribution in [-0.4, -0.2) is 54.4 Å². The van der Waals surface area contributed by atoms with Gasteiger partial charge in [0.1, 0.15) is 5.69 Å². The number of benzene rings is 1. The van der Waals surface area contributed by atoms with E-state index in [1.54, 1.807) is 26.6 Å². The molecule has 1 aromatic carbocycles. The van der Waals surface area contributed by atoms with Gasteiger partial charge in [-0.3, -0.25) is 19.7 Å². The molecule has 1 aliphatic rings. The third-order valence-electron chi connectivity index (χ3n) is 5.11. The zero-order valence-electron chi connectivity index (χ0n) is 16.9. The van der Waals surface area contributed by atoms with Crippen LogP contribution >= 0.6 is 11.3 Å². The number of hydrogen-bond acceptors (Lipinski definition) is 6. The summed E-state index contributed by atoms with van der Waals surface area (Å²) in [4.78, 5) is 38.0. The molecule has 2 amide bonds. The van der Waals surface area contributed by atoms with Gasteiger partial charge < -0.3 is 15.1 Å². The molecular weight excluding hydrogens is 449 g/mol. The molecule has 2 heterocycles. The van der Waals surface area contributed by atoms with Crippen molar-refractivity contribution in [2.24, 2.45) is 0 Å². The van der Waals surface area contributed by atoms with Gasteiger partial charge in [0.2, 0.25) is 5.91 Å². The van der Waals surface area contributed by atoms with Gasteiger partial charge in [-0.1, -0.05) is 0 Å². The SMILES string of the molecule is O=C(NCCCC(=O)N1CCN(c2ccc(C(F)(F)F)cc2[N+](=O)[O-])CC1)c1ccsc1. The number of rotatable bonds is 7. The lowest BCUT2D eigenvalue weighted by Crippen LogP contribution is -2.49. The summed E-state index contributed by atoms with van der Waals surface area (Å²) < 4.78 is 38.7. The van der Waals surface area contributed by atoms with Crippen LogP contribution in [0, 0.1) is 10.1 Å². The van der Waals surface area contributed by atoms with Gasteiger partial charge in [0, 0.05) is 56.2 Å². The molecule has 2 aromatic rings. The summed E-state index contributed by atoms with van der Waals surface area (Å²) in [5.74, 6) is -0.290. The van der Waals surface area contributed by atoms with Crippen molar-refractivity contribution in [1.82, 2.24) is 10.2 Å². The maximum atomic E-state index is 12.9. The Morgan fingerprint density at radius 1 is 1.16 bits per heavy atom. The third-order valence-corrected chi connectivity index (χ3v) is 5.79. The van der Waals surface area contributed by atoms with Gasteiger partial charge in [0.15, 0.2) is 0 Å². The summed E-state index contributed by atoms with van der Waals surface area (Å²) in [7, 11) is 0. The van der Waals surface area contributed by atoms with E-state index in [0.29, 0.717) is 37.7 Å². The Labute approximate surface area is 185 Å².